The Balaban J connectivity index is 0.00000210. The molecule has 2 aliphatic heterocycles. The largest absolute Gasteiger partial charge is 1.00 e. The maximum Gasteiger partial charge on any atom is 0.271 e. The molecule has 0 amide bonds. The molecular weight excluding hydrogens is 411 g/mol. The van der Waals surface area contributed by atoms with E-state index in [-0.39, 0.29) is 22.8 Å². The molecule has 0 bridgehead atoms. The van der Waals surface area contributed by atoms with Gasteiger partial charge in [-0.1, -0.05) is 12.1 Å². The number of amidine groups is 1. The summed E-state index contributed by atoms with van der Waals surface area (Å²) in [6, 6.07) is 14.1. The summed E-state index contributed by atoms with van der Waals surface area (Å²) in [6.07, 6.45) is 4.17. The zero-order chi connectivity index (χ0) is 18.1. The average molecular weight is 435 g/mol. The molecular formula is C21H24BrFN2O2. The molecule has 2 aromatic rings. The van der Waals surface area contributed by atoms with Crippen LogP contribution in [0.3, 0.4) is 0 Å². The molecule has 2 heterocycles. The van der Waals surface area contributed by atoms with Crippen LogP contribution in [0, 0.1) is 5.82 Å². The molecule has 0 radical (unpaired) electrons. The van der Waals surface area contributed by atoms with E-state index in [2.05, 4.69) is 9.48 Å². The standard InChI is InChI=1S/C21H24FN2O2.BrH/c1-26-19-8-5-4-7-18(19)23-15-21(25,16-10-12-17(22)13-11-16)24-14-6-2-3-9-20(23)24;/h4-5,7-8,10-13,25H,2-3,6,9,14-15H2,1H3;1H/q+1;/p-1. The van der Waals surface area contributed by atoms with Gasteiger partial charge < -0.3 is 26.8 Å². The summed E-state index contributed by atoms with van der Waals surface area (Å²) >= 11 is 0. The maximum absolute atomic E-state index is 13.4. The van der Waals surface area contributed by atoms with E-state index in [1.54, 1.807) is 19.2 Å². The number of rotatable bonds is 3. The topological polar surface area (TPSA) is 35.7 Å². The summed E-state index contributed by atoms with van der Waals surface area (Å²) in [6.45, 7) is 1.18. The molecule has 144 valence electrons. The second-order valence-electron chi connectivity index (χ2n) is 6.96. The van der Waals surface area contributed by atoms with Crippen LogP contribution in [0.2, 0.25) is 0 Å². The van der Waals surface area contributed by atoms with Crippen molar-refractivity contribution >= 4 is 11.5 Å². The van der Waals surface area contributed by atoms with Crippen molar-refractivity contribution in [3.05, 3.63) is 59.9 Å². The third-order valence-electron chi connectivity index (χ3n) is 5.41. The predicted octanol–water partition coefficient (Wildman–Crippen LogP) is 0.489. The quantitative estimate of drug-likeness (QED) is 0.714. The number of ether oxygens (including phenoxy) is 1. The minimum absolute atomic E-state index is 0. The predicted molar refractivity (Wildman–Crippen MR) is 99.2 cm³/mol. The Labute approximate surface area is 169 Å². The molecule has 0 aromatic heterocycles. The van der Waals surface area contributed by atoms with Crippen LogP contribution < -0.4 is 26.6 Å². The minimum atomic E-state index is -1.17. The number of halogens is 2. The van der Waals surface area contributed by atoms with E-state index in [9.17, 15) is 9.50 Å². The molecule has 0 spiro atoms. The molecule has 2 aromatic carbocycles. The second-order valence-corrected chi connectivity index (χ2v) is 6.96. The number of aliphatic hydroxyl groups is 1. The third-order valence-corrected chi connectivity index (χ3v) is 5.41. The number of hydrogen-bond donors (Lipinski definition) is 1. The lowest BCUT2D eigenvalue weighted by molar-refractivity contribution is -0.658. The van der Waals surface area contributed by atoms with Crippen molar-refractivity contribution in [3.8, 4) is 5.75 Å². The van der Waals surface area contributed by atoms with Crippen molar-refractivity contribution in [2.45, 2.75) is 31.4 Å². The van der Waals surface area contributed by atoms with E-state index in [0.717, 1.165) is 55.1 Å². The van der Waals surface area contributed by atoms with Crippen LogP contribution in [0.25, 0.3) is 0 Å². The van der Waals surface area contributed by atoms with Crippen LogP contribution in [0.1, 0.15) is 31.2 Å². The average Bonchev–Trinajstić information content (AvgIpc) is 2.82. The number of methoxy groups -OCH3 is 1. The fourth-order valence-electron chi connectivity index (χ4n) is 4.11. The number of benzene rings is 2. The monoisotopic (exact) mass is 434 g/mol. The van der Waals surface area contributed by atoms with E-state index in [4.69, 9.17) is 4.74 Å². The summed E-state index contributed by atoms with van der Waals surface area (Å²) < 4.78 is 21.1. The smallest absolute Gasteiger partial charge is 0.271 e. The van der Waals surface area contributed by atoms with Gasteiger partial charge in [-0.05, 0) is 55.7 Å². The highest BCUT2D eigenvalue weighted by atomic mass is 79.9. The van der Waals surface area contributed by atoms with Gasteiger partial charge in [0, 0.05) is 12.0 Å². The van der Waals surface area contributed by atoms with E-state index < -0.39 is 5.72 Å². The zero-order valence-corrected chi connectivity index (χ0v) is 17.0. The molecule has 6 heteroatoms. The molecule has 1 N–H and O–H groups in total. The zero-order valence-electron chi connectivity index (χ0n) is 15.4. The highest BCUT2D eigenvalue weighted by Gasteiger charge is 2.52. The van der Waals surface area contributed by atoms with Gasteiger partial charge in [0.25, 0.3) is 11.6 Å². The first-order valence-corrected chi connectivity index (χ1v) is 9.16. The number of anilines is 1. The Morgan fingerprint density at radius 1 is 1.07 bits per heavy atom. The van der Waals surface area contributed by atoms with Gasteiger partial charge in [0.15, 0.2) is 18.0 Å². The fraction of sp³-hybridized carbons (Fsp3) is 0.381. The van der Waals surface area contributed by atoms with Crippen LogP contribution in [0.15, 0.2) is 48.5 Å². The summed E-state index contributed by atoms with van der Waals surface area (Å²) in [4.78, 5) is 2.16. The summed E-state index contributed by atoms with van der Waals surface area (Å²) in [5.41, 5.74) is 0.499. The summed E-state index contributed by atoms with van der Waals surface area (Å²) in [5.74, 6) is 1.60. The molecule has 4 rings (SSSR count). The van der Waals surface area contributed by atoms with Crippen LogP contribution in [0.5, 0.6) is 5.75 Å². The normalized spacial score (nSPS) is 22.1. The highest BCUT2D eigenvalue weighted by Crippen LogP contribution is 2.38. The van der Waals surface area contributed by atoms with Gasteiger partial charge in [-0.3, -0.25) is 0 Å². The van der Waals surface area contributed by atoms with Crippen LogP contribution in [0.4, 0.5) is 10.1 Å². The van der Waals surface area contributed by atoms with Crippen LogP contribution in [-0.2, 0) is 5.72 Å². The van der Waals surface area contributed by atoms with Crippen molar-refractivity contribution in [2.75, 3.05) is 25.1 Å². The Morgan fingerprint density at radius 2 is 1.81 bits per heavy atom. The van der Waals surface area contributed by atoms with Gasteiger partial charge in [-0.15, -0.1) is 0 Å². The lowest BCUT2D eigenvalue weighted by atomic mass is 10.0. The van der Waals surface area contributed by atoms with Crippen molar-refractivity contribution < 1.29 is 35.8 Å². The fourth-order valence-corrected chi connectivity index (χ4v) is 4.11. The first kappa shape index (κ1) is 19.8. The molecule has 0 saturated heterocycles. The SMILES string of the molecule is COc1ccccc1N1CC(O)(c2ccc(F)cc2)[N+]2=C1CCCCC2.[Br-]. The van der Waals surface area contributed by atoms with E-state index >= 15 is 0 Å². The number of para-hydroxylation sites is 2. The molecule has 1 atom stereocenters. The first-order chi connectivity index (χ1) is 12.6. The minimum Gasteiger partial charge on any atom is -1.00 e. The van der Waals surface area contributed by atoms with E-state index in [1.165, 1.54) is 12.1 Å². The number of nitrogens with zero attached hydrogens (tertiary/aromatic N) is 2. The Kier molecular flexibility index (Phi) is 5.86. The molecule has 0 saturated carbocycles. The lowest BCUT2D eigenvalue weighted by Gasteiger charge is -2.23. The Hall–Kier alpha value is -1.92. The van der Waals surface area contributed by atoms with Gasteiger partial charge in [0.1, 0.15) is 5.82 Å². The van der Waals surface area contributed by atoms with Gasteiger partial charge in [-0.25, -0.2) is 13.9 Å². The van der Waals surface area contributed by atoms with Gasteiger partial charge in [0.2, 0.25) is 0 Å². The highest BCUT2D eigenvalue weighted by molar-refractivity contribution is 5.97. The van der Waals surface area contributed by atoms with Crippen molar-refractivity contribution in [3.63, 3.8) is 0 Å². The maximum atomic E-state index is 13.4. The molecule has 1 unspecified atom stereocenters. The summed E-state index contributed by atoms with van der Waals surface area (Å²) in [5, 5.41) is 11.7. The van der Waals surface area contributed by atoms with Gasteiger partial charge in [0.05, 0.1) is 13.7 Å². The molecule has 4 nitrogen and oxygen atoms in total. The van der Waals surface area contributed by atoms with Gasteiger partial charge in [-0.2, -0.15) is 0 Å². The lowest BCUT2D eigenvalue weighted by Crippen LogP contribution is -3.00. The third kappa shape index (κ3) is 3.48. The first-order valence-electron chi connectivity index (χ1n) is 9.16. The molecule has 0 fully saturated rings. The number of hydrogen-bond acceptors (Lipinski definition) is 3. The summed E-state index contributed by atoms with van der Waals surface area (Å²) in [7, 11) is 1.66. The van der Waals surface area contributed by atoms with Crippen LogP contribution >= 0.6 is 0 Å². The van der Waals surface area contributed by atoms with Crippen molar-refractivity contribution in [1.29, 1.82) is 0 Å². The van der Waals surface area contributed by atoms with Crippen LogP contribution in [-0.4, -0.2) is 35.7 Å². The molecule has 0 aliphatic carbocycles. The Bertz CT molecular complexity index is 840. The molecule has 2 aliphatic rings. The van der Waals surface area contributed by atoms with Gasteiger partial charge >= 0.3 is 0 Å². The molecule has 27 heavy (non-hydrogen) atoms. The van der Waals surface area contributed by atoms with E-state index in [1.807, 2.05) is 24.3 Å². The second kappa shape index (κ2) is 7.98. The van der Waals surface area contributed by atoms with Crippen molar-refractivity contribution in [2.24, 2.45) is 0 Å². The Morgan fingerprint density at radius 3 is 2.56 bits per heavy atom. The number of β-amino-alcohol motifs (C(OH)–C–C–N with tert-alkyl or cyclic N) is 1. The van der Waals surface area contributed by atoms with Crippen molar-refractivity contribution in [1.82, 2.24) is 0 Å². The van der Waals surface area contributed by atoms with E-state index in [0.29, 0.717) is 6.54 Å².